The Kier molecular flexibility index (Phi) is 3.70. The van der Waals surface area contributed by atoms with Crippen LogP contribution in [0.2, 0.25) is 0 Å². The van der Waals surface area contributed by atoms with Gasteiger partial charge in [0.1, 0.15) is 0 Å². The van der Waals surface area contributed by atoms with Crippen LogP contribution in [0.3, 0.4) is 0 Å². The molecule has 1 amide bonds. The van der Waals surface area contributed by atoms with Gasteiger partial charge in [0, 0.05) is 18.8 Å². The van der Waals surface area contributed by atoms with E-state index in [1.54, 1.807) is 25.7 Å². The zero-order chi connectivity index (χ0) is 12.3. The van der Waals surface area contributed by atoms with E-state index in [4.69, 9.17) is 0 Å². The number of rotatable bonds is 4. The molecule has 0 atom stereocenters. The minimum atomic E-state index is -0.886. The summed E-state index contributed by atoms with van der Waals surface area (Å²) >= 11 is 0. The zero-order valence-electron chi connectivity index (χ0n) is 10.2. The van der Waals surface area contributed by atoms with Crippen molar-refractivity contribution in [3.63, 3.8) is 0 Å². The molecule has 0 unspecified atom stereocenters. The molecular weight excluding hydrogens is 206 g/mol. The van der Waals surface area contributed by atoms with Crippen LogP contribution in [0.4, 0.5) is 0 Å². The molecule has 2 N–H and O–H groups in total. The van der Waals surface area contributed by atoms with Crippen LogP contribution in [-0.2, 0) is 0 Å². The summed E-state index contributed by atoms with van der Waals surface area (Å²) < 4.78 is 0. The number of carbonyl (C=O) groups is 1. The van der Waals surface area contributed by atoms with Gasteiger partial charge in [-0.2, -0.15) is 5.10 Å². The number of carbonyl (C=O) groups excluding carboxylic acids is 1. The summed E-state index contributed by atoms with van der Waals surface area (Å²) in [5, 5.41) is 16.3. The minimum Gasteiger partial charge on any atom is -0.389 e. The number of nitrogens with zero attached hydrogens (tertiary/aromatic N) is 2. The van der Waals surface area contributed by atoms with Crippen LogP contribution in [-0.4, -0.2) is 44.8 Å². The Morgan fingerprint density at radius 2 is 2.25 bits per heavy atom. The smallest absolute Gasteiger partial charge is 0.257 e. The standard InChI is InChI=1S/C11H19N3O2/c1-5-14(7-11(3,4)16)10(15)9-6-12-13-8(9)2/h6,16H,5,7H2,1-4H3,(H,12,13). The first kappa shape index (κ1) is 12.7. The number of hydrogen-bond donors (Lipinski definition) is 2. The van der Waals surface area contributed by atoms with Crippen LogP contribution in [0.15, 0.2) is 6.20 Å². The molecule has 1 aromatic rings. The molecule has 0 aliphatic rings. The lowest BCUT2D eigenvalue weighted by Crippen LogP contribution is -2.42. The summed E-state index contributed by atoms with van der Waals surface area (Å²) in [6.07, 6.45) is 1.52. The van der Waals surface area contributed by atoms with E-state index in [1.807, 2.05) is 6.92 Å². The van der Waals surface area contributed by atoms with Crippen LogP contribution < -0.4 is 0 Å². The molecule has 5 heteroatoms. The third kappa shape index (κ3) is 3.06. The predicted molar refractivity (Wildman–Crippen MR) is 61.2 cm³/mol. The van der Waals surface area contributed by atoms with Gasteiger partial charge in [0.15, 0.2) is 0 Å². The summed E-state index contributed by atoms with van der Waals surface area (Å²) in [5.74, 6) is -0.101. The van der Waals surface area contributed by atoms with Crippen molar-refractivity contribution in [1.29, 1.82) is 0 Å². The van der Waals surface area contributed by atoms with Crippen molar-refractivity contribution in [2.45, 2.75) is 33.3 Å². The number of aromatic nitrogens is 2. The second kappa shape index (κ2) is 4.65. The molecule has 90 valence electrons. The van der Waals surface area contributed by atoms with E-state index >= 15 is 0 Å². The highest BCUT2D eigenvalue weighted by molar-refractivity contribution is 5.95. The number of aromatic amines is 1. The fraction of sp³-hybridized carbons (Fsp3) is 0.636. The number of aliphatic hydroxyl groups is 1. The van der Waals surface area contributed by atoms with Gasteiger partial charge in [-0.3, -0.25) is 9.89 Å². The Hall–Kier alpha value is -1.36. The van der Waals surface area contributed by atoms with Crippen molar-refractivity contribution in [2.75, 3.05) is 13.1 Å². The van der Waals surface area contributed by atoms with Gasteiger partial charge < -0.3 is 10.0 Å². The number of likely N-dealkylation sites (N-methyl/N-ethyl adjacent to an activating group) is 1. The van der Waals surface area contributed by atoms with E-state index in [1.165, 1.54) is 6.20 Å². The molecule has 0 saturated carbocycles. The fourth-order valence-electron chi connectivity index (χ4n) is 1.53. The highest BCUT2D eigenvalue weighted by Crippen LogP contribution is 2.11. The topological polar surface area (TPSA) is 69.2 Å². The molecule has 0 fully saturated rings. The molecule has 0 saturated heterocycles. The summed E-state index contributed by atoms with van der Waals surface area (Å²) in [4.78, 5) is 13.7. The number of aryl methyl sites for hydroxylation is 1. The maximum Gasteiger partial charge on any atom is 0.257 e. The van der Waals surface area contributed by atoms with Gasteiger partial charge in [-0.15, -0.1) is 0 Å². The van der Waals surface area contributed by atoms with E-state index < -0.39 is 5.60 Å². The first-order chi connectivity index (χ1) is 7.35. The van der Waals surface area contributed by atoms with E-state index in [-0.39, 0.29) is 5.91 Å². The molecular formula is C11H19N3O2. The van der Waals surface area contributed by atoms with E-state index in [0.717, 1.165) is 5.69 Å². The quantitative estimate of drug-likeness (QED) is 0.801. The highest BCUT2D eigenvalue weighted by Gasteiger charge is 2.23. The first-order valence-electron chi connectivity index (χ1n) is 5.36. The average Bonchev–Trinajstić information content (AvgIpc) is 2.58. The van der Waals surface area contributed by atoms with Crippen LogP contribution in [0.1, 0.15) is 36.8 Å². The Bertz CT molecular complexity index is 366. The Balaban J connectivity index is 2.82. The monoisotopic (exact) mass is 225 g/mol. The molecule has 0 aliphatic heterocycles. The summed E-state index contributed by atoms with van der Waals surface area (Å²) in [5.41, 5.74) is 0.425. The van der Waals surface area contributed by atoms with E-state index in [0.29, 0.717) is 18.7 Å². The lowest BCUT2D eigenvalue weighted by Gasteiger charge is -2.27. The molecule has 0 bridgehead atoms. The first-order valence-corrected chi connectivity index (χ1v) is 5.36. The molecule has 1 aromatic heterocycles. The Morgan fingerprint density at radius 1 is 1.62 bits per heavy atom. The zero-order valence-corrected chi connectivity index (χ0v) is 10.2. The second-order valence-corrected chi connectivity index (χ2v) is 4.54. The van der Waals surface area contributed by atoms with Gasteiger partial charge >= 0.3 is 0 Å². The van der Waals surface area contributed by atoms with Crippen molar-refractivity contribution in [1.82, 2.24) is 15.1 Å². The molecule has 0 radical (unpaired) electrons. The second-order valence-electron chi connectivity index (χ2n) is 4.54. The third-order valence-corrected chi connectivity index (χ3v) is 2.31. The van der Waals surface area contributed by atoms with Gasteiger partial charge in [-0.05, 0) is 27.7 Å². The van der Waals surface area contributed by atoms with Crippen molar-refractivity contribution in [3.8, 4) is 0 Å². The SMILES string of the molecule is CCN(CC(C)(C)O)C(=O)c1cn[nH]c1C. The average molecular weight is 225 g/mol. The third-order valence-electron chi connectivity index (χ3n) is 2.31. The molecule has 1 rings (SSSR count). The maximum absolute atomic E-state index is 12.1. The van der Waals surface area contributed by atoms with Gasteiger partial charge in [0.05, 0.1) is 17.4 Å². The van der Waals surface area contributed by atoms with Gasteiger partial charge in [0.25, 0.3) is 5.91 Å². The summed E-state index contributed by atoms with van der Waals surface area (Å²) in [6.45, 7) is 7.94. The Labute approximate surface area is 95.5 Å². The van der Waals surface area contributed by atoms with E-state index in [2.05, 4.69) is 10.2 Å². The van der Waals surface area contributed by atoms with Gasteiger partial charge in [-0.25, -0.2) is 0 Å². The van der Waals surface area contributed by atoms with Crippen LogP contribution in [0.25, 0.3) is 0 Å². The summed E-state index contributed by atoms with van der Waals surface area (Å²) in [7, 11) is 0. The fourth-order valence-corrected chi connectivity index (χ4v) is 1.53. The van der Waals surface area contributed by atoms with E-state index in [9.17, 15) is 9.90 Å². The van der Waals surface area contributed by atoms with Gasteiger partial charge in [-0.1, -0.05) is 0 Å². The van der Waals surface area contributed by atoms with Crippen molar-refractivity contribution < 1.29 is 9.90 Å². The molecule has 0 aliphatic carbocycles. The molecule has 1 heterocycles. The molecule has 5 nitrogen and oxygen atoms in total. The normalized spacial score (nSPS) is 11.6. The molecule has 0 aromatic carbocycles. The minimum absolute atomic E-state index is 0.101. The molecule has 0 spiro atoms. The highest BCUT2D eigenvalue weighted by atomic mass is 16.3. The van der Waals surface area contributed by atoms with Crippen molar-refractivity contribution >= 4 is 5.91 Å². The largest absolute Gasteiger partial charge is 0.389 e. The predicted octanol–water partition coefficient (Wildman–Crippen LogP) is 0.951. The van der Waals surface area contributed by atoms with Gasteiger partial charge in [0.2, 0.25) is 0 Å². The van der Waals surface area contributed by atoms with Crippen LogP contribution in [0, 0.1) is 6.92 Å². The van der Waals surface area contributed by atoms with Crippen molar-refractivity contribution in [3.05, 3.63) is 17.5 Å². The van der Waals surface area contributed by atoms with Crippen LogP contribution >= 0.6 is 0 Å². The number of H-pyrrole nitrogens is 1. The lowest BCUT2D eigenvalue weighted by molar-refractivity contribution is 0.0314. The van der Waals surface area contributed by atoms with Crippen molar-refractivity contribution in [2.24, 2.45) is 0 Å². The lowest BCUT2D eigenvalue weighted by atomic mass is 10.1. The van der Waals surface area contributed by atoms with Crippen LogP contribution in [0.5, 0.6) is 0 Å². The number of amides is 1. The number of hydrogen-bond acceptors (Lipinski definition) is 3. The summed E-state index contributed by atoms with van der Waals surface area (Å²) in [6, 6.07) is 0. The Morgan fingerprint density at radius 3 is 2.62 bits per heavy atom. The number of nitrogens with one attached hydrogen (secondary N) is 1. The maximum atomic E-state index is 12.1. The molecule has 16 heavy (non-hydrogen) atoms.